The van der Waals surface area contributed by atoms with Crippen LogP contribution in [0.5, 0.6) is 0 Å². The van der Waals surface area contributed by atoms with Crippen LogP contribution in [-0.2, 0) is 6.54 Å². The van der Waals surface area contributed by atoms with E-state index >= 15 is 0 Å². The molecule has 0 atom stereocenters. The van der Waals surface area contributed by atoms with Crippen molar-refractivity contribution in [3.8, 4) is 0 Å². The normalized spacial score (nSPS) is 17.0. The van der Waals surface area contributed by atoms with Crippen LogP contribution in [0.4, 0.5) is 0 Å². The third kappa shape index (κ3) is 7.11. The second-order valence-corrected chi connectivity index (χ2v) is 7.01. The minimum atomic E-state index is 0.909. The maximum Gasteiger partial charge on any atom is 0.191 e. The summed E-state index contributed by atoms with van der Waals surface area (Å²) in [4.78, 5) is 9.34. The second kappa shape index (κ2) is 11.3. The van der Waals surface area contributed by atoms with Crippen molar-refractivity contribution in [3.63, 3.8) is 0 Å². The molecule has 1 aromatic rings. The van der Waals surface area contributed by atoms with Crippen LogP contribution in [0.25, 0.3) is 0 Å². The molecule has 0 aliphatic carbocycles. The molecule has 2 N–H and O–H groups in total. The highest BCUT2D eigenvalue weighted by molar-refractivity contribution is 7.98. The first kappa shape index (κ1) is 19.1. The van der Waals surface area contributed by atoms with E-state index in [2.05, 4.69) is 62.0 Å². The van der Waals surface area contributed by atoms with Crippen LogP contribution in [0.3, 0.4) is 0 Å². The molecular formula is C18H31N5S. The number of hydrogen-bond acceptors (Lipinski definition) is 4. The van der Waals surface area contributed by atoms with Gasteiger partial charge < -0.3 is 10.6 Å². The zero-order valence-electron chi connectivity index (χ0n) is 15.0. The fourth-order valence-corrected chi connectivity index (χ4v) is 3.14. The van der Waals surface area contributed by atoms with Crippen molar-refractivity contribution in [2.75, 3.05) is 64.9 Å². The fourth-order valence-electron chi connectivity index (χ4n) is 2.84. The molecule has 0 saturated carbocycles. The van der Waals surface area contributed by atoms with Crippen molar-refractivity contribution in [2.45, 2.75) is 6.54 Å². The molecule has 5 nitrogen and oxygen atoms in total. The van der Waals surface area contributed by atoms with Gasteiger partial charge in [-0.15, -0.1) is 0 Å². The molecule has 0 unspecified atom stereocenters. The molecule has 1 aliphatic rings. The van der Waals surface area contributed by atoms with Gasteiger partial charge in [0.05, 0.1) is 0 Å². The SMILES string of the molecule is CN=C(NCCSC)NCCN1CCN(Cc2ccccc2)CC1. The van der Waals surface area contributed by atoms with Crippen LogP contribution in [0.15, 0.2) is 35.3 Å². The lowest BCUT2D eigenvalue weighted by atomic mass is 10.2. The first-order valence-electron chi connectivity index (χ1n) is 8.74. The van der Waals surface area contributed by atoms with Crippen LogP contribution >= 0.6 is 11.8 Å². The maximum absolute atomic E-state index is 4.26. The summed E-state index contributed by atoms with van der Waals surface area (Å²) in [6, 6.07) is 10.8. The molecule has 1 saturated heterocycles. The summed E-state index contributed by atoms with van der Waals surface area (Å²) >= 11 is 1.84. The van der Waals surface area contributed by atoms with E-state index < -0.39 is 0 Å². The summed E-state index contributed by atoms with van der Waals surface area (Å²) in [6.07, 6.45) is 2.12. The van der Waals surface area contributed by atoms with Gasteiger partial charge in [0, 0.05) is 65.2 Å². The lowest BCUT2D eigenvalue weighted by molar-refractivity contribution is 0.129. The average Bonchev–Trinajstić information content (AvgIpc) is 2.63. The smallest absolute Gasteiger partial charge is 0.191 e. The van der Waals surface area contributed by atoms with Crippen LogP contribution in [0.1, 0.15) is 5.56 Å². The van der Waals surface area contributed by atoms with Crippen molar-refractivity contribution in [1.82, 2.24) is 20.4 Å². The van der Waals surface area contributed by atoms with Crippen LogP contribution in [0, 0.1) is 0 Å². The van der Waals surface area contributed by atoms with Gasteiger partial charge in [-0.2, -0.15) is 11.8 Å². The topological polar surface area (TPSA) is 42.9 Å². The van der Waals surface area contributed by atoms with Gasteiger partial charge in [0.15, 0.2) is 5.96 Å². The van der Waals surface area contributed by atoms with Crippen molar-refractivity contribution in [1.29, 1.82) is 0 Å². The molecule has 6 heteroatoms. The fraction of sp³-hybridized carbons (Fsp3) is 0.611. The highest BCUT2D eigenvalue weighted by Crippen LogP contribution is 2.07. The van der Waals surface area contributed by atoms with E-state index in [0.717, 1.165) is 64.1 Å². The minimum absolute atomic E-state index is 0.909. The molecule has 1 aliphatic heterocycles. The number of nitrogens with one attached hydrogen (secondary N) is 2. The zero-order chi connectivity index (χ0) is 17.0. The Hall–Kier alpha value is -1.24. The van der Waals surface area contributed by atoms with Crippen LogP contribution in [0.2, 0.25) is 0 Å². The Morgan fingerprint density at radius 3 is 2.38 bits per heavy atom. The van der Waals surface area contributed by atoms with E-state index in [1.807, 2.05) is 18.8 Å². The largest absolute Gasteiger partial charge is 0.356 e. The summed E-state index contributed by atoms with van der Waals surface area (Å²) in [5.41, 5.74) is 1.41. The zero-order valence-corrected chi connectivity index (χ0v) is 15.8. The van der Waals surface area contributed by atoms with Gasteiger partial charge in [0.2, 0.25) is 0 Å². The number of rotatable bonds is 8. The van der Waals surface area contributed by atoms with E-state index in [0.29, 0.717) is 0 Å². The number of nitrogens with zero attached hydrogens (tertiary/aromatic N) is 3. The molecule has 1 heterocycles. The third-order valence-corrected chi connectivity index (χ3v) is 4.87. The molecule has 2 rings (SSSR count). The molecule has 0 amide bonds. The van der Waals surface area contributed by atoms with E-state index in [-0.39, 0.29) is 0 Å². The third-order valence-electron chi connectivity index (χ3n) is 4.26. The standard InChI is InChI=1S/C18H31N5S/c1-19-18(21-9-15-24-2)20-8-10-22-11-13-23(14-12-22)16-17-6-4-3-5-7-17/h3-7H,8-16H2,1-2H3,(H2,19,20,21). The van der Waals surface area contributed by atoms with Crippen molar-refractivity contribution in [2.24, 2.45) is 4.99 Å². The second-order valence-electron chi connectivity index (χ2n) is 6.02. The monoisotopic (exact) mass is 349 g/mol. The predicted molar refractivity (Wildman–Crippen MR) is 106 cm³/mol. The van der Waals surface area contributed by atoms with Gasteiger partial charge in [0.25, 0.3) is 0 Å². The highest BCUT2D eigenvalue weighted by atomic mass is 32.2. The molecule has 1 aromatic carbocycles. The van der Waals surface area contributed by atoms with Gasteiger partial charge in [-0.25, -0.2) is 0 Å². The lowest BCUT2D eigenvalue weighted by Crippen LogP contribution is -2.49. The first-order valence-corrected chi connectivity index (χ1v) is 10.1. The first-order chi connectivity index (χ1) is 11.8. The lowest BCUT2D eigenvalue weighted by Gasteiger charge is -2.34. The van der Waals surface area contributed by atoms with E-state index in [9.17, 15) is 0 Å². The van der Waals surface area contributed by atoms with Gasteiger partial charge >= 0.3 is 0 Å². The minimum Gasteiger partial charge on any atom is -0.356 e. The maximum atomic E-state index is 4.26. The summed E-state index contributed by atoms with van der Waals surface area (Å²) in [6.45, 7) is 8.63. The molecule has 1 fully saturated rings. The Morgan fingerprint density at radius 1 is 1.04 bits per heavy atom. The van der Waals surface area contributed by atoms with Gasteiger partial charge in [-0.3, -0.25) is 14.8 Å². The molecule has 0 radical (unpaired) electrons. The summed E-state index contributed by atoms with van der Waals surface area (Å²) in [5.74, 6) is 2.01. The van der Waals surface area contributed by atoms with E-state index in [1.54, 1.807) is 0 Å². The van der Waals surface area contributed by atoms with Crippen LogP contribution in [-0.4, -0.2) is 80.6 Å². The predicted octanol–water partition coefficient (Wildman–Crippen LogP) is 1.33. The molecule has 0 aromatic heterocycles. The number of aliphatic imine (C=N–C) groups is 1. The average molecular weight is 350 g/mol. The number of piperazine rings is 1. The number of thioether (sulfide) groups is 1. The van der Waals surface area contributed by atoms with Crippen molar-refractivity contribution in [3.05, 3.63) is 35.9 Å². The molecule has 134 valence electrons. The number of benzene rings is 1. The number of hydrogen-bond donors (Lipinski definition) is 2. The molecule has 24 heavy (non-hydrogen) atoms. The Labute approximate surface area is 150 Å². The van der Waals surface area contributed by atoms with Crippen molar-refractivity contribution >= 4 is 17.7 Å². The van der Waals surface area contributed by atoms with Gasteiger partial charge in [-0.05, 0) is 11.8 Å². The van der Waals surface area contributed by atoms with E-state index in [1.165, 1.54) is 5.56 Å². The molecule has 0 spiro atoms. The number of guanidine groups is 1. The van der Waals surface area contributed by atoms with Gasteiger partial charge in [-0.1, -0.05) is 30.3 Å². The summed E-state index contributed by atoms with van der Waals surface area (Å²) < 4.78 is 0. The highest BCUT2D eigenvalue weighted by Gasteiger charge is 2.16. The quantitative estimate of drug-likeness (QED) is 0.421. The summed E-state index contributed by atoms with van der Waals surface area (Å²) in [5, 5.41) is 6.73. The Kier molecular flexibility index (Phi) is 9.02. The van der Waals surface area contributed by atoms with Crippen molar-refractivity contribution < 1.29 is 0 Å². The molecular weight excluding hydrogens is 318 g/mol. The van der Waals surface area contributed by atoms with Crippen LogP contribution < -0.4 is 10.6 Å². The Bertz CT molecular complexity index is 472. The summed E-state index contributed by atoms with van der Waals surface area (Å²) in [7, 11) is 1.83. The van der Waals surface area contributed by atoms with Gasteiger partial charge in [0.1, 0.15) is 0 Å². The Morgan fingerprint density at radius 2 is 1.71 bits per heavy atom. The molecule has 0 bridgehead atoms. The Balaban J connectivity index is 1.59. The van der Waals surface area contributed by atoms with E-state index in [4.69, 9.17) is 0 Å².